The van der Waals surface area contributed by atoms with Crippen LogP contribution in [0.25, 0.3) is 11.4 Å². The molecule has 0 radical (unpaired) electrons. The smallest absolute Gasteiger partial charge is 0.219 e. The quantitative estimate of drug-likeness (QED) is 0.739. The van der Waals surface area contributed by atoms with Crippen LogP contribution in [0.4, 0.5) is 5.82 Å². The first-order chi connectivity index (χ1) is 11.1. The zero-order valence-electron chi connectivity index (χ0n) is 11.8. The van der Waals surface area contributed by atoms with E-state index in [0.29, 0.717) is 28.8 Å². The normalized spacial score (nSPS) is 10.3. The third-order valence-corrected chi connectivity index (χ3v) is 3.15. The predicted octanol–water partition coefficient (Wildman–Crippen LogP) is 3.38. The Kier molecular flexibility index (Phi) is 4.16. The second-order valence-corrected chi connectivity index (χ2v) is 5.04. The highest BCUT2D eigenvalue weighted by molar-refractivity contribution is 6.30. The lowest BCUT2D eigenvalue weighted by molar-refractivity contribution is 0.111. The highest BCUT2D eigenvalue weighted by Crippen LogP contribution is 2.24. The van der Waals surface area contributed by atoms with Crippen molar-refractivity contribution in [2.24, 2.45) is 0 Å². The summed E-state index contributed by atoms with van der Waals surface area (Å²) in [6.07, 6.45) is 2.14. The Bertz CT molecular complexity index is 836. The van der Waals surface area contributed by atoms with Crippen LogP contribution in [0.15, 0.2) is 48.7 Å². The molecule has 0 spiro atoms. The molecule has 0 atom stereocenters. The lowest BCUT2D eigenvalue weighted by Gasteiger charge is -2.06. The fourth-order valence-corrected chi connectivity index (χ4v) is 2.00. The molecule has 0 unspecified atom stereocenters. The van der Waals surface area contributed by atoms with E-state index in [4.69, 9.17) is 22.1 Å². The Hall–Kier alpha value is -2.99. The maximum absolute atomic E-state index is 10.8. The number of aromatic nitrogens is 3. The SMILES string of the molecule is Nc1cc(C=O)nc(-c2ccc(Oc3ccc(Cl)cn3)cc2)n1. The van der Waals surface area contributed by atoms with Gasteiger partial charge in [-0.1, -0.05) is 11.6 Å². The molecule has 2 heterocycles. The Balaban J connectivity index is 1.83. The molecule has 7 heteroatoms. The Morgan fingerprint density at radius 2 is 1.87 bits per heavy atom. The van der Waals surface area contributed by atoms with Gasteiger partial charge < -0.3 is 10.5 Å². The summed E-state index contributed by atoms with van der Waals surface area (Å²) in [4.78, 5) is 23.1. The molecule has 6 nitrogen and oxygen atoms in total. The van der Waals surface area contributed by atoms with Gasteiger partial charge >= 0.3 is 0 Å². The molecule has 2 aromatic heterocycles. The summed E-state index contributed by atoms with van der Waals surface area (Å²) in [5, 5.41) is 0.539. The second-order valence-electron chi connectivity index (χ2n) is 4.60. The van der Waals surface area contributed by atoms with Crippen LogP contribution in [0.1, 0.15) is 10.5 Å². The molecule has 2 N–H and O–H groups in total. The number of hydrogen-bond donors (Lipinski definition) is 1. The summed E-state index contributed by atoms with van der Waals surface area (Å²) >= 11 is 5.77. The van der Waals surface area contributed by atoms with Crippen molar-refractivity contribution in [1.29, 1.82) is 0 Å². The largest absolute Gasteiger partial charge is 0.439 e. The van der Waals surface area contributed by atoms with E-state index in [1.54, 1.807) is 36.4 Å². The van der Waals surface area contributed by atoms with Crippen molar-refractivity contribution in [3.63, 3.8) is 0 Å². The van der Waals surface area contributed by atoms with Crippen molar-refractivity contribution in [2.45, 2.75) is 0 Å². The summed E-state index contributed by atoms with van der Waals surface area (Å²) in [5.74, 6) is 1.65. The molecule has 3 rings (SSSR count). The standard InChI is InChI=1S/C16H11ClN4O2/c17-11-3-6-15(19-8-11)23-13-4-1-10(2-5-13)16-20-12(9-22)7-14(18)21-16/h1-9H,(H2,18,20,21). The van der Waals surface area contributed by atoms with Gasteiger partial charge in [-0.25, -0.2) is 15.0 Å². The molecule has 0 saturated heterocycles. The third kappa shape index (κ3) is 3.61. The van der Waals surface area contributed by atoms with Gasteiger partial charge in [-0.3, -0.25) is 4.79 Å². The monoisotopic (exact) mass is 326 g/mol. The lowest BCUT2D eigenvalue weighted by atomic mass is 10.2. The van der Waals surface area contributed by atoms with Crippen LogP contribution in [0.2, 0.25) is 5.02 Å². The summed E-state index contributed by atoms with van der Waals surface area (Å²) in [6, 6.07) is 11.8. The summed E-state index contributed by atoms with van der Waals surface area (Å²) < 4.78 is 5.60. The number of halogens is 1. The van der Waals surface area contributed by atoms with Gasteiger partial charge in [0.05, 0.1) is 5.02 Å². The van der Waals surface area contributed by atoms with Crippen molar-refractivity contribution in [3.8, 4) is 23.0 Å². The Morgan fingerprint density at radius 1 is 1.09 bits per heavy atom. The highest BCUT2D eigenvalue weighted by Gasteiger charge is 2.06. The number of nitrogens with zero attached hydrogens (tertiary/aromatic N) is 3. The number of rotatable bonds is 4. The minimum atomic E-state index is 0.234. The molecule has 0 bridgehead atoms. The average molecular weight is 327 g/mol. The van der Waals surface area contributed by atoms with Crippen LogP contribution >= 0.6 is 11.6 Å². The molecule has 1 aromatic carbocycles. The van der Waals surface area contributed by atoms with Crippen molar-refractivity contribution in [1.82, 2.24) is 15.0 Å². The molecular formula is C16H11ClN4O2. The Morgan fingerprint density at radius 3 is 2.52 bits per heavy atom. The van der Waals surface area contributed by atoms with E-state index in [1.165, 1.54) is 12.3 Å². The van der Waals surface area contributed by atoms with Crippen molar-refractivity contribution in [2.75, 3.05) is 5.73 Å². The maximum atomic E-state index is 10.8. The summed E-state index contributed by atoms with van der Waals surface area (Å²) in [7, 11) is 0. The molecule has 0 aliphatic rings. The van der Waals surface area contributed by atoms with Crippen molar-refractivity contribution >= 4 is 23.7 Å². The molecular weight excluding hydrogens is 316 g/mol. The van der Waals surface area contributed by atoms with Crippen LogP contribution in [0, 0.1) is 0 Å². The molecule has 0 saturated carbocycles. The zero-order chi connectivity index (χ0) is 16.2. The molecule has 0 aliphatic carbocycles. The number of pyridine rings is 1. The number of nitrogen functional groups attached to an aromatic ring is 1. The van der Waals surface area contributed by atoms with Gasteiger partial charge in [0.15, 0.2) is 12.1 Å². The van der Waals surface area contributed by atoms with E-state index in [9.17, 15) is 4.79 Å². The molecule has 3 aromatic rings. The zero-order valence-corrected chi connectivity index (χ0v) is 12.6. The van der Waals surface area contributed by atoms with E-state index in [2.05, 4.69) is 15.0 Å². The molecule has 114 valence electrons. The molecule has 23 heavy (non-hydrogen) atoms. The van der Waals surface area contributed by atoms with E-state index < -0.39 is 0 Å². The lowest BCUT2D eigenvalue weighted by Crippen LogP contribution is -1.99. The van der Waals surface area contributed by atoms with Gasteiger partial charge in [0.1, 0.15) is 17.3 Å². The molecule has 0 fully saturated rings. The fourth-order valence-electron chi connectivity index (χ4n) is 1.89. The van der Waals surface area contributed by atoms with E-state index >= 15 is 0 Å². The first kappa shape index (κ1) is 14.9. The van der Waals surface area contributed by atoms with E-state index in [-0.39, 0.29) is 11.5 Å². The number of anilines is 1. The number of benzene rings is 1. The predicted molar refractivity (Wildman–Crippen MR) is 86.6 cm³/mol. The maximum Gasteiger partial charge on any atom is 0.219 e. The van der Waals surface area contributed by atoms with Crippen LogP contribution in [-0.2, 0) is 0 Å². The number of carbonyl (C=O) groups excluding carboxylic acids is 1. The average Bonchev–Trinajstić information content (AvgIpc) is 2.57. The van der Waals surface area contributed by atoms with Crippen LogP contribution in [0.5, 0.6) is 11.6 Å². The van der Waals surface area contributed by atoms with E-state index in [0.717, 1.165) is 5.56 Å². The second kappa shape index (κ2) is 6.41. The number of ether oxygens (including phenoxy) is 1. The van der Waals surface area contributed by atoms with Gasteiger partial charge in [0.2, 0.25) is 5.88 Å². The van der Waals surface area contributed by atoms with Gasteiger partial charge in [0.25, 0.3) is 0 Å². The minimum absolute atomic E-state index is 0.234. The first-order valence-electron chi connectivity index (χ1n) is 6.63. The fraction of sp³-hybridized carbons (Fsp3) is 0. The summed E-state index contributed by atoms with van der Waals surface area (Å²) in [6.45, 7) is 0. The van der Waals surface area contributed by atoms with Crippen LogP contribution in [-0.4, -0.2) is 21.2 Å². The van der Waals surface area contributed by atoms with Gasteiger partial charge in [-0.2, -0.15) is 0 Å². The first-order valence-corrected chi connectivity index (χ1v) is 7.01. The van der Waals surface area contributed by atoms with Gasteiger partial charge in [-0.15, -0.1) is 0 Å². The van der Waals surface area contributed by atoms with Gasteiger partial charge in [-0.05, 0) is 30.3 Å². The number of hydrogen-bond acceptors (Lipinski definition) is 6. The topological polar surface area (TPSA) is 91.0 Å². The number of aldehydes is 1. The van der Waals surface area contributed by atoms with Gasteiger partial charge in [0, 0.05) is 23.9 Å². The molecule has 0 amide bonds. The number of carbonyl (C=O) groups is 1. The van der Waals surface area contributed by atoms with Crippen LogP contribution in [0.3, 0.4) is 0 Å². The number of nitrogens with two attached hydrogens (primary N) is 1. The highest BCUT2D eigenvalue weighted by atomic mass is 35.5. The third-order valence-electron chi connectivity index (χ3n) is 2.92. The van der Waals surface area contributed by atoms with Crippen LogP contribution < -0.4 is 10.5 Å². The van der Waals surface area contributed by atoms with Crippen molar-refractivity contribution < 1.29 is 9.53 Å². The molecule has 0 aliphatic heterocycles. The summed E-state index contributed by atoms with van der Waals surface area (Å²) in [5.41, 5.74) is 6.62. The van der Waals surface area contributed by atoms with Crippen molar-refractivity contribution in [3.05, 3.63) is 59.4 Å². The Labute approximate surface area is 136 Å². The van der Waals surface area contributed by atoms with E-state index in [1.807, 2.05) is 0 Å². The minimum Gasteiger partial charge on any atom is -0.439 e.